The number of carbonyl (C=O) groups is 4. The number of nitrogens with two attached hydrogens (primary N) is 1. The van der Waals surface area contributed by atoms with E-state index >= 15 is 0 Å². The predicted octanol–water partition coefficient (Wildman–Crippen LogP) is 2.52. The molecule has 12 heteroatoms. The second-order valence-electron chi connectivity index (χ2n) is 12.1. The first-order chi connectivity index (χ1) is 22.4. The van der Waals surface area contributed by atoms with Gasteiger partial charge in [0.15, 0.2) is 0 Å². The highest BCUT2D eigenvalue weighted by Gasteiger charge is 2.31. The van der Waals surface area contributed by atoms with Crippen molar-refractivity contribution in [3.63, 3.8) is 0 Å². The molecule has 3 amide bonds. The van der Waals surface area contributed by atoms with Crippen LogP contribution >= 0.6 is 0 Å². The molecule has 0 saturated carbocycles. The standard InChI is InChI=1S/C35H41N5O7/c1-20(2)15-29(33(44)40-31(35(46)47)18-23-19-37-28-6-4-3-5-26(23)28)39-34(45)30(17-22-9-13-25(42)14-10-22)38-32(43)27(36)16-21-7-11-24(41)12-8-21/h3-14,19-20,27,29-31,37,41-42H,15-18,36H2,1-2H3,(H,38,43)(H,39,45)(H,40,44)(H,46,47). The molecular formula is C35H41N5O7. The number of hydrogen-bond acceptors (Lipinski definition) is 7. The van der Waals surface area contributed by atoms with Gasteiger partial charge in [0.1, 0.15) is 29.6 Å². The molecule has 0 aliphatic carbocycles. The second-order valence-corrected chi connectivity index (χ2v) is 12.1. The first-order valence-electron chi connectivity index (χ1n) is 15.4. The number of para-hydroxylation sites is 1. The lowest BCUT2D eigenvalue weighted by Crippen LogP contribution is -2.58. The molecule has 47 heavy (non-hydrogen) atoms. The lowest BCUT2D eigenvalue weighted by atomic mass is 9.99. The van der Waals surface area contributed by atoms with E-state index in [1.807, 2.05) is 38.1 Å². The maximum Gasteiger partial charge on any atom is 0.326 e. The number of benzene rings is 3. The molecule has 248 valence electrons. The van der Waals surface area contributed by atoms with Crippen molar-refractivity contribution in [1.82, 2.24) is 20.9 Å². The third kappa shape index (κ3) is 9.81. The normalized spacial score (nSPS) is 13.8. The van der Waals surface area contributed by atoms with E-state index < -0.39 is 47.9 Å². The van der Waals surface area contributed by atoms with Crippen LogP contribution in [0.4, 0.5) is 0 Å². The Morgan fingerprint density at radius 2 is 1.23 bits per heavy atom. The number of aromatic nitrogens is 1. The fourth-order valence-electron chi connectivity index (χ4n) is 5.30. The van der Waals surface area contributed by atoms with Crippen LogP contribution in [-0.2, 0) is 38.4 Å². The summed E-state index contributed by atoms with van der Waals surface area (Å²) in [6.45, 7) is 3.73. The number of fused-ring (bicyclic) bond motifs is 1. The number of aromatic hydroxyl groups is 2. The molecule has 1 aromatic heterocycles. The van der Waals surface area contributed by atoms with Crippen molar-refractivity contribution in [3.05, 3.63) is 95.7 Å². The molecule has 0 aliphatic rings. The summed E-state index contributed by atoms with van der Waals surface area (Å²) in [5.74, 6) is -3.10. The predicted molar refractivity (Wildman–Crippen MR) is 176 cm³/mol. The minimum atomic E-state index is -1.27. The molecule has 0 spiro atoms. The number of H-pyrrole nitrogens is 1. The van der Waals surface area contributed by atoms with Gasteiger partial charge < -0.3 is 42.0 Å². The van der Waals surface area contributed by atoms with Crippen molar-refractivity contribution >= 4 is 34.6 Å². The van der Waals surface area contributed by atoms with Gasteiger partial charge in [-0.15, -0.1) is 0 Å². The average molecular weight is 644 g/mol. The molecule has 9 N–H and O–H groups in total. The summed E-state index contributed by atoms with van der Waals surface area (Å²) >= 11 is 0. The van der Waals surface area contributed by atoms with Gasteiger partial charge in [-0.3, -0.25) is 14.4 Å². The molecular weight excluding hydrogens is 602 g/mol. The number of rotatable bonds is 15. The number of aromatic amines is 1. The SMILES string of the molecule is CC(C)CC(NC(=O)C(Cc1ccc(O)cc1)NC(=O)C(N)Cc1ccc(O)cc1)C(=O)NC(Cc1c[nH]c2ccccc12)C(=O)O. The van der Waals surface area contributed by atoms with Gasteiger partial charge >= 0.3 is 5.97 Å². The van der Waals surface area contributed by atoms with Crippen LogP contribution in [0.5, 0.6) is 11.5 Å². The molecule has 4 rings (SSSR count). The van der Waals surface area contributed by atoms with Gasteiger partial charge in [-0.05, 0) is 65.8 Å². The first kappa shape index (κ1) is 34.5. The van der Waals surface area contributed by atoms with Gasteiger partial charge in [-0.25, -0.2) is 4.79 Å². The summed E-state index contributed by atoms with van der Waals surface area (Å²) in [5.41, 5.74) is 9.07. The summed E-state index contributed by atoms with van der Waals surface area (Å²) in [4.78, 5) is 55.8. The van der Waals surface area contributed by atoms with Crippen molar-refractivity contribution in [2.75, 3.05) is 0 Å². The number of amides is 3. The molecule has 4 unspecified atom stereocenters. The highest BCUT2D eigenvalue weighted by molar-refractivity contribution is 5.94. The smallest absolute Gasteiger partial charge is 0.326 e. The minimum Gasteiger partial charge on any atom is -0.508 e. The van der Waals surface area contributed by atoms with E-state index in [0.29, 0.717) is 11.1 Å². The van der Waals surface area contributed by atoms with Gasteiger partial charge in [0.25, 0.3) is 0 Å². The van der Waals surface area contributed by atoms with E-state index in [2.05, 4.69) is 20.9 Å². The Hall–Kier alpha value is -5.36. The number of aliphatic carboxylic acids is 1. The molecule has 12 nitrogen and oxygen atoms in total. The zero-order valence-corrected chi connectivity index (χ0v) is 26.3. The first-order valence-corrected chi connectivity index (χ1v) is 15.4. The Balaban J connectivity index is 1.50. The molecule has 1 heterocycles. The highest BCUT2D eigenvalue weighted by atomic mass is 16.4. The number of carboxylic acids is 1. The van der Waals surface area contributed by atoms with E-state index in [0.717, 1.165) is 16.5 Å². The number of phenolic OH excluding ortho intramolecular Hbond substituents is 2. The Morgan fingerprint density at radius 3 is 1.83 bits per heavy atom. The maximum absolute atomic E-state index is 13.7. The van der Waals surface area contributed by atoms with Crippen molar-refractivity contribution in [1.29, 1.82) is 0 Å². The van der Waals surface area contributed by atoms with Crippen molar-refractivity contribution in [3.8, 4) is 11.5 Å². The minimum absolute atomic E-state index is 0.0197. The maximum atomic E-state index is 13.7. The molecule has 0 saturated heterocycles. The molecule has 3 aromatic carbocycles. The van der Waals surface area contributed by atoms with Crippen LogP contribution in [0, 0.1) is 5.92 Å². The third-order valence-corrected chi connectivity index (χ3v) is 7.79. The number of phenols is 2. The van der Waals surface area contributed by atoms with E-state index in [9.17, 15) is 34.5 Å². The van der Waals surface area contributed by atoms with E-state index in [4.69, 9.17) is 5.73 Å². The van der Waals surface area contributed by atoms with Crippen LogP contribution in [0.1, 0.15) is 37.0 Å². The van der Waals surface area contributed by atoms with Crippen molar-refractivity contribution in [2.24, 2.45) is 11.7 Å². The summed E-state index contributed by atoms with van der Waals surface area (Å²) in [5, 5.41) is 38.1. The van der Waals surface area contributed by atoms with Crippen molar-refractivity contribution in [2.45, 2.75) is 63.7 Å². The Morgan fingerprint density at radius 1 is 0.702 bits per heavy atom. The molecule has 0 aliphatic heterocycles. The van der Waals surface area contributed by atoms with Gasteiger partial charge in [0.05, 0.1) is 6.04 Å². The number of carboxylic acid groups (broad SMARTS) is 1. The fourth-order valence-corrected chi connectivity index (χ4v) is 5.30. The monoisotopic (exact) mass is 643 g/mol. The Kier molecular flexibility index (Phi) is 11.6. The van der Waals surface area contributed by atoms with Crippen LogP contribution in [-0.4, -0.2) is 68.2 Å². The largest absolute Gasteiger partial charge is 0.508 e. The third-order valence-electron chi connectivity index (χ3n) is 7.79. The summed E-state index contributed by atoms with van der Waals surface area (Å²) in [6, 6.07) is 15.3. The number of carbonyl (C=O) groups excluding carboxylic acids is 3. The van der Waals surface area contributed by atoms with Crippen LogP contribution in [0.2, 0.25) is 0 Å². The lowest BCUT2D eigenvalue weighted by Gasteiger charge is -2.26. The van der Waals surface area contributed by atoms with Gasteiger partial charge in [0, 0.05) is 29.9 Å². The van der Waals surface area contributed by atoms with Crippen LogP contribution in [0.3, 0.4) is 0 Å². The number of nitrogens with one attached hydrogen (secondary N) is 4. The van der Waals surface area contributed by atoms with Crippen LogP contribution in [0.25, 0.3) is 10.9 Å². The summed E-state index contributed by atoms with van der Waals surface area (Å²) in [7, 11) is 0. The summed E-state index contributed by atoms with van der Waals surface area (Å²) in [6.07, 6.45) is 2.11. The molecule has 0 radical (unpaired) electrons. The van der Waals surface area contributed by atoms with E-state index in [1.54, 1.807) is 30.5 Å². The van der Waals surface area contributed by atoms with Crippen molar-refractivity contribution < 1.29 is 34.5 Å². The topological polar surface area (TPSA) is 207 Å². The fraction of sp³-hybridized carbons (Fsp3) is 0.314. The van der Waals surface area contributed by atoms with Crippen LogP contribution in [0.15, 0.2) is 79.0 Å². The number of hydrogen-bond donors (Lipinski definition) is 8. The Bertz CT molecular complexity index is 1680. The Labute approximate surface area is 272 Å². The summed E-state index contributed by atoms with van der Waals surface area (Å²) < 4.78 is 0. The van der Waals surface area contributed by atoms with Crippen LogP contribution < -0.4 is 21.7 Å². The van der Waals surface area contributed by atoms with Gasteiger partial charge in [0.2, 0.25) is 17.7 Å². The molecule has 4 atom stereocenters. The van der Waals surface area contributed by atoms with Gasteiger partial charge in [-0.2, -0.15) is 0 Å². The molecule has 4 aromatic rings. The van der Waals surface area contributed by atoms with E-state index in [1.165, 1.54) is 24.3 Å². The second kappa shape index (κ2) is 15.8. The zero-order chi connectivity index (χ0) is 34.1. The quantitative estimate of drug-likeness (QED) is 0.0963. The zero-order valence-electron chi connectivity index (χ0n) is 26.3. The lowest BCUT2D eigenvalue weighted by molar-refractivity contribution is -0.142. The molecule has 0 bridgehead atoms. The highest BCUT2D eigenvalue weighted by Crippen LogP contribution is 2.20. The molecule has 0 fully saturated rings. The average Bonchev–Trinajstić information content (AvgIpc) is 3.44. The van der Waals surface area contributed by atoms with E-state index in [-0.39, 0.29) is 43.1 Å². The van der Waals surface area contributed by atoms with Gasteiger partial charge in [-0.1, -0.05) is 56.3 Å².